The predicted molar refractivity (Wildman–Crippen MR) is 181 cm³/mol. The number of anilines is 3. The zero-order valence-corrected chi connectivity index (χ0v) is 28.4. The van der Waals surface area contributed by atoms with Crippen molar-refractivity contribution in [1.82, 2.24) is 19.7 Å². The Morgan fingerprint density at radius 1 is 0.896 bits per heavy atom. The molecular weight excluding hydrogens is 644 g/mol. The summed E-state index contributed by atoms with van der Waals surface area (Å²) in [7, 11) is -3.67. The Balaban J connectivity index is 0.000000968. The molecule has 0 bridgehead atoms. The lowest BCUT2D eigenvalue weighted by atomic mass is 9.92. The normalized spacial score (nSPS) is 13.4. The van der Waals surface area contributed by atoms with Crippen LogP contribution in [0.3, 0.4) is 0 Å². The Hall–Kier alpha value is -4.89. The van der Waals surface area contributed by atoms with Crippen LogP contribution in [0.25, 0.3) is 5.69 Å². The van der Waals surface area contributed by atoms with Crippen molar-refractivity contribution >= 4 is 39.4 Å². The molecule has 0 spiro atoms. The van der Waals surface area contributed by atoms with E-state index in [0.29, 0.717) is 61.5 Å². The Bertz CT molecular complexity index is 1890. The molecule has 0 unspecified atom stereocenters. The van der Waals surface area contributed by atoms with Gasteiger partial charge in [-0.2, -0.15) is 13.5 Å². The van der Waals surface area contributed by atoms with E-state index in [1.165, 1.54) is 6.07 Å². The third-order valence-electron chi connectivity index (χ3n) is 7.37. The molecule has 2 aromatic carbocycles. The van der Waals surface area contributed by atoms with Gasteiger partial charge in [-0.3, -0.25) is 14.7 Å². The first kappa shape index (κ1) is 36.0. The van der Waals surface area contributed by atoms with Gasteiger partial charge in [-0.1, -0.05) is 38.5 Å². The van der Waals surface area contributed by atoms with E-state index in [9.17, 15) is 26.8 Å². The highest BCUT2D eigenvalue weighted by molar-refractivity contribution is 7.85. The van der Waals surface area contributed by atoms with E-state index >= 15 is 0 Å². The molecule has 15 heteroatoms. The van der Waals surface area contributed by atoms with E-state index in [2.05, 4.69) is 36.4 Å². The number of aryl methyl sites for hydroxylation is 2. The number of urea groups is 1. The smallest absolute Gasteiger partial charge is 0.324 e. The molecule has 3 heterocycles. The lowest BCUT2D eigenvalue weighted by Crippen LogP contribution is -2.49. The summed E-state index contributed by atoms with van der Waals surface area (Å²) < 4.78 is 54.9. The largest absolute Gasteiger partial charge is 0.353 e. The highest BCUT2D eigenvalue weighted by Crippen LogP contribution is 2.27. The van der Waals surface area contributed by atoms with Crippen molar-refractivity contribution in [3.63, 3.8) is 0 Å². The molecular formula is C33H39F2N7O5S. The summed E-state index contributed by atoms with van der Waals surface area (Å²) in [5, 5.41) is 10.6. The fourth-order valence-corrected chi connectivity index (χ4v) is 4.82. The summed E-state index contributed by atoms with van der Waals surface area (Å²) in [6, 6.07) is 15.9. The summed E-state index contributed by atoms with van der Waals surface area (Å²) in [5.74, 6) is -0.812. The number of aromatic nitrogens is 3. The maximum absolute atomic E-state index is 14.1. The third kappa shape index (κ3) is 9.58. The van der Waals surface area contributed by atoms with E-state index in [1.54, 1.807) is 15.6 Å². The second-order valence-corrected chi connectivity index (χ2v) is 13.9. The van der Waals surface area contributed by atoms with Crippen molar-refractivity contribution in [2.24, 2.45) is 0 Å². The summed E-state index contributed by atoms with van der Waals surface area (Å²) >= 11 is 0. The molecule has 0 saturated carbocycles. The molecule has 0 radical (unpaired) electrons. The minimum Gasteiger partial charge on any atom is -0.353 e. The average Bonchev–Trinajstić information content (AvgIpc) is 3.42. The van der Waals surface area contributed by atoms with Crippen molar-refractivity contribution in [2.45, 2.75) is 40.0 Å². The van der Waals surface area contributed by atoms with Crippen molar-refractivity contribution in [2.75, 3.05) is 48.0 Å². The molecule has 1 fully saturated rings. The van der Waals surface area contributed by atoms with Crippen LogP contribution in [0.2, 0.25) is 0 Å². The fourth-order valence-electron chi connectivity index (χ4n) is 4.82. The van der Waals surface area contributed by atoms with Crippen LogP contribution in [0.5, 0.6) is 0 Å². The Labute approximate surface area is 278 Å². The zero-order valence-electron chi connectivity index (χ0n) is 27.6. The molecule has 1 aliphatic heterocycles. The third-order valence-corrected chi connectivity index (χ3v) is 7.37. The van der Waals surface area contributed by atoms with Crippen molar-refractivity contribution in [3.8, 4) is 5.69 Å². The van der Waals surface area contributed by atoms with Gasteiger partial charge < -0.3 is 15.1 Å². The summed E-state index contributed by atoms with van der Waals surface area (Å²) in [6.45, 7) is 11.7. The maximum atomic E-state index is 14.1. The van der Waals surface area contributed by atoms with Crippen molar-refractivity contribution in [1.29, 1.82) is 0 Å². The van der Waals surface area contributed by atoms with Gasteiger partial charge in [0.1, 0.15) is 23.3 Å². The Morgan fingerprint density at radius 2 is 1.52 bits per heavy atom. The van der Waals surface area contributed by atoms with Crippen LogP contribution in [0, 0.1) is 25.5 Å². The summed E-state index contributed by atoms with van der Waals surface area (Å²) in [5.41, 5.74) is 3.63. The lowest BCUT2D eigenvalue weighted by Gasteiger charge is -2.35. The molecule has 3 amide bonds. The first-order valence-electron chi connectivity index (χ1n) is 15.0. The number of rotatable bonds is 5. The van der Waals surface area contributed by atoms with Crippen LogP contribution in [0.1, 0.15) is 48.1 Å². The molecule has 1 aliphatic rings. The summed E-state index contributed by atoms with van der Waals surface area (Å²) in [6.07, 6.45) is 0.715. The van der Waals surface area contributed by atoms with Gasteiger partial charge in [0.25, 0.3) is 16.0 Å². The first-order valence-corrected chi connectivity index (χ1v) is 16.9. The number of benzene rings is 2. The molecule has 3 N–H and O–H groups in total. The van der Waals surface area contributed by atoms with Gasteiger partial charge in [-0.05, 0) is 50.2 Å². The van der Waals surface area contributed by atoms with E-state index < -0.39 is 33.7 Å². The van der Waals surface area contributed by atoms with E-state index in [4.69, 9.17) is 9.65 Å². The van der Waals surface area contributed by atoms with E-state index in [1.807, 2.05) is 55.1 Å². The van der Waals surface area contributed by atoms with Gasteiger partial charge in [0.15, 0.2) is 0 Å². The first-order chi connectivity index (χ1) is 22.4. The highest BCUT2D eigenvalue weighted by atomic mass is 32.2. The van der Waals surface area contributed by atoms with Crippen LogP contribution < -0.4 is 15.5 Å². The number of pyridine rings is 1. The second kappa shape index (κ2) is 14.5. The quantitative estimate of drug-likeness (QED) is 0.231. The fraction of sp³-hybridized carbons (Fsp3) is 0.333. The van der Waals surface area contributed by atoms with Gasteiger partial charge in [-0.15, -0.1) is 0 Å². The van der Waals surface area contributed by atoms with Crippen LogP contribution >= 0.6 is 0 Å². The Kier molecular flexibility index (Phi) is 10.8. The highest BCUT2D eigenvalue weighted by Gasteiger charge is 2.26. The second-order valence-electron chi connectivity index (χ2n) is 12.4. The minimum absolute atomic E-state index is 0.144. The molecule has 4 aromatic rings. The van der Waals surface area contributed by atoms with Crippen LogP contribution in [-0.4, -0.2) is 77.0 Å². The topological polar surface area (TPSA) is 150 Å². The van der Waals surface area contributed by atoms with Crippen molar-refractivity contribution in [3.05, 3.63) is 94.8 Å². The van der Waals surface area contributed by atoms with Gasteiger partial charge in [0, 0.05) is 43.7 Å². The molecule has 0 atom stereocenters. The van der Waals surface area contributed by atoms with Gasteiger partial charge in [-0.25, -0.2) is 23.2 Å². The van der Waals surface area contributed by atoms with Crippen LogP contribution in [0.4, 0.5) is 30.9 Å². The van der Waals surface area contributed by atoms with Gasteiger partial charge in [0.2, 0.25) is 0 Å². The predicted octanol–water partition coefficient (Wildman–Crippen LogP) is 5.57. The van der Waals surface area contributed by atoms with E-state index in [-0.39, 0.29) is 11.0 Å². The molecule has 1 saturated heterocycles. The van der Waals surface area contributed by atoms with Gasteiger partial charge in [0.05, 0.1) is 34.6 Å². The lowest BCUT2D eigenvalue weighted by molar-refractivity contribution is 0.0741. The van der Waals surface area contributed by atoms with Gasteiger partial charge >= 0.3 is 6.03 Å². The molecule has 0 aliphatic carbocycles. The molecule has 256 valence electrons. The number of nitrogens with zero attached hydrogens (tertiary/aromatic N) is 5. The number of hydrogen-bond acceptors (Lipinski definition) is 7. The molecule has 5 rings (SSSR count). The number of carbonyl (C=O) groups excluding carboxylic acids is 2. The number of halogens is 2. The van der Waals surface area contributed by atoms with Crippen LogP contribution in [0.15, 0.2) is 60.7 Å². The standard InChI is InChI=1S/C32H35F2N7O2.CH4O3S/c1-20-6-9-23(10-7-20)41-29(19-27(38-41)32(3,4)5)37-31(43)36-26-12-13-28(35-21(26)2)39-14-16-40(17-15-39)30(42)24-11-8-22(33)18-25(24)34;1-5(2,3)4/h6-13,18-19H,14-17H2,1-5H3,(H2,36,37,43);1H3,(H,2,3,4). The SMILES string of the molecule is CS(=O)(=O)O.Cc1ccc(-n2nc(C(C)(C)C)cc2NC(=O)Nc2ccc(N3CCN(C(=O)c4ccc(F)cc4F)CC3)nc2C)cc1. The molecule has 2 aromatic heterocycles. The van der Waals surface area contributed by atoms with E-state index in [0.717, 1.165) is 23.0 Å². The zero-order chi connectivity index (χ0) is 35.4. The number of carbonyl (C=O) groups is 2. The number of piperazine rings is 1. The molecule has 48 heavy (non-hydrogen) atoms. The molecule has 12 nitrogen and oxygen atoms in total. The monoisotopic (exact) mass is 683 g/mol. The van der Waals surface area contributed by atoms with Crippen molar-refractivity contribution < 1.29 is 31.3 Å². The maximum Gasteiger partial charge on any atom is 0.324 e. The summed E-state index contributed by atoms with van der Waals surface area (Å²) in [4.78, 5) is 34.1. The number of nitrogens with one attached hydrogen (secondary N) is 2. The van der Waals surface area contributed by atoms with Crippen LogP contribution in [-0.2, 0) is 15.5 Å². The number of amides is 3. The Morgan fingerprint density at radius 3 is 2.08 bits per heavy atom. The number of hydrogen-bond donors (Lipinski definition) is 3. The minimum atomic E-state index is -3.67. The average molecular weight is 684 g/mol.